The summed E-state index contributed by atoms with van der Waals surface area (Å²) in [5, 5.41) is -1.97. The van der Waals surface area contributed by atoms with E-state index >= 15 is 4.57 Å². The zero-order valence-corrected chi connectivity index (χ0v) is 27.0. The number of Topliss-reactive ketones (excluding diaryl/α,β-unsaturated/α-hetero) is 1. The van der Waals surface area contributed by atoms with E-state index in [0.717, 1.165) is 6.08 Å². The lowest BCUT2D eigenvalue weighted by Gasteiger charge is -2.42. The molecule has 0 saturated carbocycles. The molecule has 0 radical (unpaired) electrons. The lowest BCUT2D eigenvalue weighted by Crippen LogP contribution is -2.49. The second-order valence-electron chi connectivity index (χ2n) is 9.97. The summed E-state index contributed by atoms with van der Waals surface area (Å²) in [6.07, 6.45) is -0.720. The molecule has 3 aromatic carbocycles. The maximum absolute atomic E-state index is 15.0. The normalized spacial score (nSPS) is 17.8. The minimum atomic E-state index is -4.76. The molecule has 9 nitrogen and oxygen atoms in total. The summed E-state index contributed by atoms with van der Waals surface area (Å²) in [6.45, 7) is 6.25. The summed E-state index contributed by atoms with van der Waals surface area (Å²) in [5.41, 5.74) is -0.307. The Morgan fingerprint density at radius 3 is 1.74 bits per heavy atom. The smallest absolute Gasteiger partial charge is 0.304 e. The van der Waals surface area contributed by atoms with Gasteiger partial charge in [-0.25, -0.2) is 16.8 Å². The fourth-order valence-electron chi connectivity index (χ4n) is 4.41. The predicted octanol–water partition coefficient (Wildman–Crippen LogP) is 6.72. The Hall–Kier alpha value is -2.34. The molecule has 3 aromatic rings. The molecule has 1 atom stereocenters. The highest BCUT2D eigenvalue weighted by Crippen LogP contribution is 2.68. The first-order valence-electron chi connectivity index (χ1n) is 12.7. The lowest BCUT2D eigenvalue weighted by molar-refractivity contribution is 0.103. The molecule has 224 valence electrons. The summed E-state index contributed by atoms with van der Waals surface area (Å²) in [4.78, 5) is 12.4. The van der Waals surface area contributed by atoms with Gasteiger partial charge in [0.15, 0.2) is 5.28 Å². The molecule has 42 heavy (non-hydrogen) atoms. The first-order chi connectivity index (χ1) is 19.5. The Morgan fingerprint density at radius 1 is 0.762 bits per heavy atom. The summed E-state index contributed by atoms with van der Waals surface area (Å²) < 4.78 is 85.0. The third-order valence-corrected chi connectivity index (χ3v) is 12.8. The van der Waals surface area contributed by atoms with Crippen molar-refractivity contribution in [2.45, 2.75) is 55.0 Å². The molecule has 1 aliphatic rings. The second kappa shape index (κ2) is 12.0. The van der Waals surface area contributed by atoms with Gasteiger partial charge in [0.05, 0.1) is 22.0 Å². The number of carbonyl (C=O) groups excluding carboxylic acids is 1. The van der Waals surface area contributed by atoms with Crippen molar-refractivity contribution in [1.29, 1.82) is 0 Å². The number of rotatable bonds is 10. The fraction of sp³-hybridized carbons (Fsp3) is 0.250. The number of fused-ring (bicyclic) bond motifs is 1. The van der Waals surface area contributed by atoms with Gasteiger partial charge in [0.1, 0.15) is 4.91 Å². The highest BCUT2D eigenvalue weighted by molar-refractivity contribution is 7.96. The van der Waals surface area contributed by atoms with Gasteiger partial charge in [-0.1, -0.05) is 47.5 Å². The van der Waals surface area contributed by atoms with E-state index in [1.807, 2.05) is 0 Å². The Labute approximate surface area is 255 Å². The van der Waals surface area contributed by atoms with Crippen molar-refractivity contribution in [3.05, 3.63) is 105 Å². The molecule has 4 rings (SSSR count). The zero-order valence-electron chi connectivity index (χ0n) is 22.9. The number of halogens is 2. The van der Waals surface area contributed by atoms with Crippen LogP contribution in [-0.4, -0.2) is 34.8 Å². The van der Waals surface area contributed by atoms with Gasteiger partial charge in [0, 0.05) is 21.2 Å². The van der Waals surface area contributed by atoms with Crippen LogP contribution in [-0.2, 0) is 38.8 Å². The van der Waals surface area contributed by atoms with E-state index in [-0.39, 0.29) is 31.0 Å². The molecule has 0 saturated heterocycles. The van der Waals surface area contributed by atoms with E-state index < -0.39 is 55.6 Å². The molecule has 1 aliphatic carbocycles. The molecular weight excluding hydrogens is 644 g/mol. The van der Waals surface area contributed by atoms with E-state index in [0.29, 0.717) is 0 Å². The number of benzene rings is 3. The van der Waals surface area contributed by atoms with Crippen LogP contribution in [0.1, 0.15) is 43.6 Å². The average molecular weight is 673 g/mol. The standard InChI is InChI=1S/C28H28Cl2NO8PS2/c1-18(2)38-40(33,39-19(3)4)28(31-42(36,37)23-15-11-21(30)12-16-23)17-26(27(32)24-7-5-6-8-25(24)28)41(34,35)22-13-9-20(29)10-14-22/h5-19,31H,1-4H3. The van der Waals surface area contributed by atoms with Crippen LogP contribution in [0, 0.1) is 0 Å². The van der Waals surface area contributed by atoms with Crippen molar-refractivity contribution in [1.82, 2.24) is 4.72 Å². The third kappa shape index (κ3) is 6.16. The van der Waals surface area contributed by atoms with Gasteiger partial charge >= 0.3 is 7.60 Å². The van der Waals surface area contributed by atoms with Crippen LogP contribution in [0.3, 0.4) is 0 Å². The second-order valence-corrected chi connectivity index (χ2v) is 16.6. The monoisotopic (exact) mass is 671 g/mol. The minimum Gasteiger partial charge on any atom is -0.304 e. The number of hydrogen-bond donors (Lipinski definition) is 1. The Morgan fingerprint density at radius 2 is 1.24 bits per heavy atom. The lowest BCUT2D eigenvalue weighted by atomic mass is 9.92. The number of sulfonamides is 1. The molecule has 0 bridgehead atoms. The van der Waals surface area contributed by atoms with E-state index in [9.17, 15) is 21.6 Å². The minimum absolute atomic E-state index is 0.104. The first kappa shape index (κ1) is 32.6. The largest absolute Gasteiger partial charge is 0.360 e. The topological polar surface area (TPSA) is 133 Å². The molecule has 0 amide bonds. The van der Waals surface area contributed by atoms with Gasteiger partial charge in [0.25, 0.3) is 0 Å². The van der Waals surface area contributed by atoms with Crippen LogP contribution in [0.5, 0.6) is 0 Å². The van der Waals surface area contributed by atoms with Gasteiger partial charge in [-0.05, 0) is 82.3 Å². The third-order valence-electron chi connectivity index (χ3n) is 6.10. The molecule has 0 aliphatic heterocycles. The Balaban J connectivity index is 2.13. The van der Waals surface area contributed by atoms with E-state index in [4.69, 9.17) is 32.2 Å². The van der Waals surface area contributed by atoms with Crippen LogP contribution in [0.25, 0.3) is 0 Å². The van der Waals surface area contributed by atoms with E-state index in [1.165, 1.54) is 72.8 Å². The summed E-state index contributed by atoms with van der Waals surface area (Å²) >= 11 is 11.9. The Bertz CT molecular complexity index is 1790. The number of nitrogens with one attached hydrogen (secondary N) is 1. The van der Waals surface area contributed by atoms with Crippen molar-refractivity contribution < 1.29 is 35.2 Å². The first-order valence-corrected chi connectivity index (χ1v) is 17.9. The molecule has 0 heterocycles. The van der Waals surface area contributed by atoms with Gasteiger partial charge < -0.3 is 9.05 Å². The molecule has 0 aromatic heterocycles. The van der Waals surface area contributed by atoms with Crippen LogP contribution in [0.2, 0.25) is 10.0 Å². The molecular formula is C28H28Cl2NO8PS2. The van der Waals surface area contributed by atoms with Crippen molar-refractivity contribution >= 4 is 56.4 Å². The number of ketones is 1. The van der Waals surface area contributed by atoms with E-state index in [2.05, 4.69) is 4.72 Å². The zero-order chi connectivity index (χ0) is 31.1. The number of carbonyl (C=O) groups is 1. The number of sulfone groups is 1. The quantitative estimate of drug-likeness (QED) is 0.235. The van der Waals surface area contributed by atoms with E-state index in [1.54, 1.807) is 27.7 Å². The molecule has 0 spiro atoms. The Kier molecular flexibility index (Phi) is 9.29. The van der Waals surface area contributed by atoms with Crippen molar-refractivity contribution in [2.24, 2.45) is 0 Å². The number of hydrogen-bond acceptors (Lipinski definition) is 8. The fourth-order valence-corrected chi connectivity index (χ4v) is 10.5. The van der Waals surface area contributed by atoms with Crippen molar-refractivity contribution in [2.75, 3.05) is 0 Å². The maximum Gasteiger partial charge on any atom is 0.360 e. The SMILES string of the molecule is CC(C)OP(=O)(OC(C)C)C1(NS(=O)(=O)c2ccc(Cl)cc2)C=C(S(=O)(=O)c2ccc(Cl)cc2)C(=O)c2ccccc21. The van der Waals surface area contributed by atoms with Gasteiger partial charge in [0.2, 0.25) is 25.6 Å². The van der Waals surface area contributed by atoms with Crippen LogP contribution in [0.4, 0.5) is 0 Å². The van der Waals surface area contributed by atoms with Crippen LogP contribution >= 0.6 is 30.8 Å². The van der Waals surface area contributed by atoms with Gasteiger partial charge in [-0.3, -0.25) is 9.36 Å². The van der Waals surface area contributed by atoms with Crippen LogP contribution < -0.4 is 4.72 Å². The molecule has 0 fully saturated rings. The molecule has 1 unspecified atom stereocenters. The average Bonchev–Trinajstić information content (AvgIpc) is 2.89. The highest BCUT2D eigenvalue weighted by Gasteiger charge is 2.59. The van der Waals surface area contributed by atoms with Crippen LogP contribution in [0.15, 0.2) is 93.6 Å². The predicted molar refractivity (Wildman–Crippen MR) is 161 cm³/mol. The summed E-state index contributed by atoms with van der Waals surface area (Å²) in [6, 6.07) is 15.9. The van der Waals surface area contributed by atoms with Gasteiger partial charge in [-0.2, -0.15) is 4.72 Å². The van der Waals surface area contributed by atoms with Crippen molar-refractivity contribution in [3.8, 4) is 0 Å². The highest BCUT2D eigenvalue weighted by atomic mass is 35.5. The summed E-state index contributed by atoms with van der Waals surface area (Å²) in [7, 11) is -14.0. The summed E-state index contributed by atoms with van der Waals surface area (Å²) in [5.74, 6) is -0.928. The molecule has 14 heteroatoms. The molecule has 1 N–H and O–H groups in total. The van der Waals surface area contributed by atoms with Crippen molar-refractivity contribution in [3.63, 3.8) is 0 Å². The maximum atomic E-state index is 15.0. The number of allylic oxidation sites excluding steroid dienone is 1. The van der Waals surface area contributed by atoms with Gasteiger partial charge in [-0.15, -0.1) is 0 Å².